The number of aryl methyl sites for hydroxylation is 1. The minimum Gasteiger partial charge on any atom is -0.397 e. The van der Waals surface area contributed by atoms with E-state index in [1.54, 1.807) is 0 Å². The first-order valence-electron chi connectivity index (χ1n) is 5.52. The minimum absolute atomic E-state index is 0.643. The number of hydrogen-bond donors (Lipinski definition) is 1. The maximum atomic E-state index is 5.75. The topological polar surface area (TPSA) is 42.1 Å². The molecule has 0 amide bonds. The van der Waals surface area contributed by atoms with Crippen molar-refractivity contribution >= 4 is 11.5 Å². The molecule has 0 aliphatic heterocycles. The highest BCUT2D eigenvalue weighted by Gasteiger charge is 2.08. The lowest BCUT2D eigenvalue weighted by atomic mass is 10.2. The van der Waals surface area contributed by atoms with Crippen molar-refractivity contribution in [1.29, 1.82) is 0 Å². The van der Waals surface area contributed by atoms with Crippen LogP contribution in [0.2, 0.25) is 0 Å². The van der Waals surface area contributed by atoms with Crippen molar-refractivity contribution in [3.05, 3.63) is 17.8 Å². The summed E-state index contributed by atoms with van der Waals surface area (Å²) in [4.78, 5) is 6.77. The Kier molecular flexibility index (Phi) is 3.95. The third kappa shape index (κ3) is 3.11. The summed E-state index contributed by atoms with van der Waals surface area (Å²) in [6.07, 6.45) is 0. The lowest BCUT2D eigenvalue weighted by Crippen LogP contribution is -2.28. The van der Waals surface area contributed by atoms with Crippen LogP contribution in [0.15, 0.2) is 12.1 Å². The molecular formula is C12H21N3. The van der Waals surface area contributed by atoms with Gasteiger partial charge < -0.3 is 10.6 Å². The first kappa shape index (κ1) is 11.8. The zero-order valence-electron chi connectivity index (χ0n) is 10.1. The Morgan fingerprint density at radius 3 is 2.53 bits per heavy atom. The fourth-order valence-electron chi connectivity index (χ4n) is 1.56. The molecule has 2 N–H and O–H groups in total. The van der Waals surface area contributed by atoms with Gasteiger partial charge in [0, 0.05) is 13.1 Å². The van der Waals surface area contributed by atoms with Crippen molar-refractivity contribution in [2.24, 2.45) is 5.92 Å². The van der Waals surface area contributed by atoms with Crippen molar-refractivity contribution in [2.75, 3.05) is 23.7 Å². The number of rotatable bonds is 4. The summed E-state index contributed by atoms with van der Waals surface area (Å²) in [5.41, 5.74) is 7.43. The Balaban J connectivity index is 2.87. The zero-order valence-corrected chi connectivity index (χ0v) is 10.1. The van der Waals surface area contributed by atoms with E-state index in [0.29, 0.717) is 5.92 Å². The number of nitrogen functional groups attached to an aromatic ring is 1. The Morgan fingerprint density at radius 2 is 2.07 bits per heavy atom. The second-order valence-corrected chi connectivity index (χ2v) is 4.28. The van der Waals surface area contributed by atoms with Crippen LogP contribution in [-0.4, -0.2) is 18.1 Å². The van der Waals surface area contributed by atoms with E-state index >= 15 is 0 Å². The van der Waals surface area contributed by atoms with E-state index in [1.807, 2.05) is 19.1 Å². The molecule has 84 valence electrons. The van der Waals surface area contributed by atoms with Gasteiger partial charge in [-0.2, -0.15) is 0 Å². The third-order valence-electron chi connectivity index (χ3n) is 2.40. The van der Waals surface area contributed by atoms with E-state index in [2.05, 4.69) is 30.7 Å². The van der Waals surface area contributed by atoms with Crippen LogP contribution >= 0.6 is 0 Å². The van der Waals surface area contributed by atoms with Gasteiger partial charge >= 0.3 is 0 Å². The molecule has 0 fully saturated rings. The standard InChI is InChI=1S/C12H21N3/c1-5-15(8-9(2)3)12-7-6-11(13)10(4)14-12/h6-7,9H,5,8,13H2,1-4H3. The van der Waals surface area contributed by atoms with Gasteiger partial charge in [-0.1, -0.05) is 13.8 Å². The van der Waals surface area contributed by atoms with Gasteiger partial charge in [-0.15, -0.1) is 0 Å². The van der Waals surface area contributed by atoms with E-state index in [1.165, 1.54) is 0 Å². The van der Waals surface area contributed by atoms with Crippen LogP contribution in [0.5, 0.6) is 0 Å². The summed E-state index contributed by atoms with van der Waals surface area (Å²) < 4.78 is 0. The van der Waals surface area contributed by atoms with Gasteiger partial charge in [0.05, 0.1) is 11.4 Å². The summed E-state index contributed by atoms with van der Waals surface area (Å²) >= 11 is 0. The number of hydrogen-bond acceptors (Lipinski definition) is 3. The van der Waals surface area contributed by atoms with Crippen molar-refractivity contribution in [2.45, 2.75) is 27.7 Å². The molecule has 0 aromatic carbocycles. The molecule has 0 radical (unpaired) electrons. The average Bonchev–Trinajstić information content (AvgIpc) is 2.18. The third-order valence-corrected chi connectivity index (χ3v) is 2.40. The summed E-state index contributed by atoms with van der Waals surface area (Å²) in [6.45, 7) is 10.5. The lowest BCUT2D eigenvalue weighted by Gasteiger charge is -2.24. The second-order valence-electron chi connectivity index (χ2n) is 4.28. The maximum Gasteiger partial charge on any atom is 0.128 e. The SMILES string of the molecule is CCN(CC(C)C)c1ccc(N)c(C)n1. The predicted molar refractivity (Wildman–Crippen MR) is 66.1 cm³/mol. The predicted octanol–water partition coefficient (Wildman–Crippen LogP) is 2.45. The van der Waals surface area contributed by atoms with Crippen LogP contribution in [0, 0.1) is 12.8 Å². The van der Waals surface area contributed by atoms with E-state index < -0.39 is 0 Å². The van der Waals surface area contributed by atoms with Crippen LogP contribution in [0.25, 0.3) is 0 Å². The Hall–Kier alpha value is -1.25. The van der Waals surface area contributed by atoms with Crippen molar-refractivity contribution in [3.8, 4) is 0 Å². The maximum absolute atomic E-state index is 5.75. The number of anilines is 2. The Morgan fingerprint density at radius 1 is 1.40 bits per heavy atom. The molecule has 1 aromatic rings. The first-order chi connectivity index (χ1) is 7.04. The smallest absolute Gasteiger partial charge is 0.128 e. The molecule has 0 bridgehead atoms. The molecule has 0 saturated carbocycles. The molecule has 3 heteroatoms. The molecule has 0 aliphatic carbocycles. The summed E-state index contributed by atoms with van der Waals surface area (Å²) in [5.74, 6) is 1.67. The molecule has 3 nitrogen and oxygen atoms in total. The number of aromatic nitrogens is 1. The van der Waals surface area contributed by atoms with Gasteiger partial charge in [-0.25, -0.2) is 4.98 Å². The monoisotopic (exact) mass is 207 g/mol. The Labute approximate surface area is 92.3 Å². The molecule has 15 heavy (non-hydrogen) atoms. The summed E-state index contributed by atoms with van der Waals surface area (Å²) in [5, 5.41) is 0. The molecular weight excluding hydrogens is 186 g/mol. The highest BCUT2D eigenvalue weighted by atomic mass is 15.2. The van der Waals surface area contributed by atoms with Crippen molar-refractivity contribution < 1.29 is 0 Å². The fraction of sp³-hybridized carbons (Fsp3) is 0.583. The Bertz CT molecular complexity index is 321. The zero-order chi connectivity index (χ0) is 11.4. The fourth-order valence-corrected chi connectivity index (χ4v) is 1.56. The van der Waals surface area contributed by atoms with Crippen LogP contribution < -0.4 is 10.6 Å². The van der Waals surface area contributed by atoms with Crippen LogP contribution in [0.4, 0.5) is 11.5 Å². The summed E-state index contributed by atoms with van der Waals surface area (Å²) in [6, 6.07) is 3.93. The average molecular weight is 207 g/mol. The van der Waals surface area contributed by atoms with Crippen molar-refractivity contribution in [1.82, 2.24) is 4.98 Å². The van der Waals surface area contributed by atoms with Crippen LogP contribution in [0.1, 0.15) is 26.5 Å². The van der Waals surface area contributed by atoms with Gasteiger partial charge in [0.15, 0.2) is 0 Å². The van der Waals surface area contributed by atoms with Gasteiger partial charge in [-0.3, -0.25) is 0 Å². The second kappa shape index (κ2) is 5.01. The first-order valence-corrected chi connectivity index (χ1v) is 5.52. The number of nitrogens with zero attached hydrogens (tertiary/aromatic N) is 2. The van der Waals surface area contributed by atoms with E-state index in [4.69, 9.17) is 5.73 Å². The molecule has 0 atom stereocenters. The largest absolute Gasteiger partial charge is 0.397 e. The normalized spacial score (nSPS) is 10.7. The molecule has 0 unspecified atom stereocenters. The molecule has 1 heterocycles. The highest BCUT2D eigenvalue weighted by molar-refractivity contribution is 5.50. The van der Waals surface area contributed by atoms with Crippen LogP contribution in [-0.2, 0) is 0 Å². The lowest BCUT2D eigenvalue weighted by molar-refractivity contribution is 0.614. The molecule has 0 saturated heterocycles. The van der Waals surface area contributed by atoms with Gasteiger partial charge in [-0.05, 0) is 31.9 Å². The molecule has 1 aromatic heterocycles. The highest BCUT2D eigenvalue weighted by Crippen LogP contribution is 2.16. The molecule has 0 aliphatic rings. The van der Waals surface area contributed by atoms with Crippen LogP contribution in [0.3, 0.4) is 0 Å². The van der Waals surface area contributed by atoms with E-state index in [9.17, 15) is 0 Å². The van der Waals surface area contributed by atoms with Gasteiger partial charge in [0.1, 0.15) is 5.82 Å². The van der Waals surface area contributed by atoms with E-state index in [0.717, 1.165) is 30.3 Å². The van der Waals surface area contributed by atoms with Gasteiger partial charge in [0.25, 0.3) is 0 Å². The van der Waals surface area contributed by atoms with Crippen molar-refractivity contribution in [3.63, 3.8) is 0 Å². The minimum atomic E-state index is 0.643. The number of pyridine rings is 1. The quantitative estimate of drug-likeness (QED) is 0.824. The molecule has 0 spiro atoms. The van der Waals surface area contributed by atoms with Gasteiger partial charge in [0.2, 0.25) is 0 Å². The molecule has 1 rings (SSSR count). The number of nitrogens with two attached hydrogens (primary N) is 1. The summed E-state index contributed by atoms with van der Waals surface area (Å²) in [7, 11) is 0. The van der Waals surface area contributed by atoms with E-state index in [-0.39, 0.29) is 0 Å².